The molecular formula is C15H15ClFNO2S. The Labute approximate surface area is 131 Å². The lowest BCUT2D eigenvalue weighted by atomic mass is 10.0. The Balaban J connectivity index is 2.47. The fraction of sp³-hybridized carbons (Fsp3) is 0.267. The highest BCUT2D eigenvalue weighted by molar-refractivity contribution is 7.14. The minimum Gasteiger partial charge on any atom is -0.456 e. The Kier molecular flexibility index (Phi) is 4.25. The number of hydrogen-bond acceptors (Lipinski definition) is 4. The van der Waals surface area contributed by atoms with Gasteiger partial charge < -0.3 is 10.5 Å². The molecule has 0 unspecified atom stereocenters. The molecule has 0 amide bonds. The molecule has 2 N–H and O–H groups in total. The maximum absolute atomic E-state index is 13.6. The number of thiophene rings is 1. The van der Waals surface area contributed by atoms with Gasteiger partial charge in [0.25, 0.3) is 0 Å². The van der Waals surface area contributed by atoms with Gasteiger partial charge in [-0.1, -0.05) is 17.7 Å². The first-order chi connectivity index (χ1) is 9.69. The van der Waals surface area contributed by atoms with Crippen LogP contribution in [0.15, 0.2) is 23.6 Å². The van der Waals surface area contributed by atoms with E-state index in [-0.39, 0.29) is 10.6 Å². The fourth-order valence-corrected chi connectivity index (χ4v) is 2.72. The molecule has 1 heterocycles. The topological polar surface area (TPSA) is 52.3 Å². The molecule has 0 saturated heterocycles. The first-order valence-corrected chi connectivity index (χ1v) is 7.50. The van der Waals surface area contributed by atoms with Crippen LogP contribution in [0.5, 0.6) is 0 Å². The van der Waals surface area contributed by atoms with Crippen LogP contribution in [-0.4, -0.2) is 11.6 Å². The maximum Gasteiger partial charge on any atom is 0.342 e. The van der Waals surface area contributed by atoms with E-state index in [0.717, 1.165) is 0 Å². The van der Waals surface area contributed by atoms with Crippen molar-refractivity contribution in [3.05, 3.63) is 40.0 Å². The third-order valence-electron chi connectivity index (χ3n) is 2.65. The minimum atomic E-state index is -0.631. The standard InChI is InChI=1S/C15H15ClFNO2S/c1-15(2,3)20-14(19)12-9(7-21-13(12)18)8-4-5-10(16)11(17)6-8/h4-7H,18H2,1-3H3. The molecule has 21 heavy (non-hydrogen) atoms. The molecule has 0 atom stereocenters. The molecule has 0 aliphatic carbocycles. The average Bonchev–Trinajstić information content (AvgIpc) is 2.72. The largest absolute Gasteiger partial charge is 0.456 e. The van der Waals surface area contributed by atoms with E-state index in [1.54, 1.807) is 32.2 Å². The third kappa shape index (κ3) is 3.54. The number of halogens is 2. The van der Waals surface area contributed by atoms with Crippen LogP contribution >= 0.6 is 22.9 Å². The van der Waals surface area contributed by atoms with Gasteiger partial charge in [0.1, 0.15) is 22.0 Å². The summed E-state index contributed by atoms with van der Waals surface area (Å²) in [4.78, 5) is 12.3. The molecule has 1 aromatic carbocycles. The normalized spacial score (nSPS) is 11.5. The van der Waals surface area contributed by atoms with Gasteiger partial charge in [-0.05, 0) is 38.5 Å². The van der Waals surface area contributed by atoms with E-state index in [2.05, 4.69) is 0 Å². The lowest BCUT2D eigenvalue weighted by Gasteiger charge is -2.20. The second-order valence-corrected chi connectivity index (χ2v) is 6.84. The molecule has 0 aliphatic heterocycles. The highest BCUT2D eigenvalue weighted by Gasteiger charge is 2.24. The molecular weight excluding hydrogens is 313 g/mol. The fourth-order valence-electron chi connectivity index (χ4n) is 1.79. The minimum absolute atomic E-state index is 0.0285. The van der Waals surface area contributed by atoms with Crippen LogP contribution in [0.4, 0.5) is 9.39 Å². The van der Waals surface area contributed by atoms with Gasteiger partial charge in [-0.25, -0.2) is 9.18 Å². The molecule has 1 aromatic heterocycles. The van der Waals surface area contributed by atoms with Gasteiger partial charge in [0, 0.05) is 10.9 Å². The van der Waals surface area contributed by atoms with Gasteiger partial charge in [0.2, 0.25) is 0 Å². The molecule has 0 bridgehead atoms. The van der Waals surface area contributed by atoms with Crippen molar-refractivity contribution in [2.75, 3.05) is 5.73 Å². The molecule has 0 radical (unpaired) electrons. The van der Waals surface area contributed by atoms with Crippen LogP contribution in [0.2, 0.25) is 5.02 Å². The second kappa shape index (κ2) is 5.66. The Hall–Kier alpha value is -1.59. The first kappa shape index (κ1) is 15.8. The number of nitrogens with two attached hydrogens (primary N) is 1. The smallest absolute Gasteiger partial charge is 0.342 e. The lowest BCUT2D eigenvalue weighted by Crippen LogP contribution is -2.24. The van der Waals surface area contributed by atoms with Crippen molar-refractivity contribution in [2.45, 2.75) is 26.4 Å². The van der Waals surface area contributed by atoms with Gasteiger partial charge in [-0.15, -0.1) is 11.3 Å². The molecule has 2 rings (SSSR count). The highest BCUT2D eigenvalue weighted by atomic mass is 35.5. The Morgan fingerprint density at radius 3 is 2.62 bits per heavy atom. The van der Waals surface area contributed by atoms with Crippen LogP contribution < -0.4 is 5.73 Å². The van der Waals surface area contributed by atoms with Crippen molar-refractivity contribution in [1.29, 1.82) is 0 Å². The maximum atomic E-state index is 13.6. The van der Waals surface area contributed by atoms with Crippen LogP contribution in [0, 0.1) is 5.82 Å². The zero-order valence-corrected chi connectivity index (χ0v) is 13.4. The Morgan fingerprint density at radius 1 is 1.38 bits per heavy atom. The van der Waals surface area contributed by atoms with Gasteiger partial charge in [-0.2, -0.15) is 0 Å². The predicted molar refractivity (Wildman–Crippen MR) is 84.3 cm³/mol. The van der Waals surface area contributed by atoms with Gasteiger partial charge >= 0.3 is 5.97 Å². The molecule has 0 fully saturated rings. The molecule has 112 valence electrons. The second-order valence-electron chi connectivity index (χ2n) is 5.52. The van der Waals surface area contributed by atoms with E-state index in [0.29, 0.717) is 16.1 Å². The number of anilines is 1. The zero-order chi connectivity index (χ0) is 15.8. The molecule has 0 aliphatic rings. The SMILES string of the molecule is CC(C)(C)OC(=O)c1c(-c2ccc(Cl)c(F)c2)csc1N. The van der Waals surface area contributed by atoms with Gasteiger partial charge in [0.15, 0.2) is 0 Å². The summed E-state index contributed by atoms with van der Waals surface area (Å²) in [6.45, 7) is 5.32. The van der Waals surface area contributed by atoms with Crippen molar-refractivity contribution in [1.82, 2.24) is 0 Å². The molecule has 3 nitrogen and oxygen atoms in total. The number of carbonyl (C=O) groups excluding carboxylic acids is 1. The summed E-state index contributed by atoms with van der Waals surface area (Å²) in [5.41, 5.74) is 6.57. The van der Waals surface area contributed by atoms with E-state index >= 15 is 0 Å². The van der Waals surface area contributed by atoms with Crippen molar-refractivity contribution in [3.63, 3.8) is 0 Å². The highest BCUT2D eigenvalue weighted by Crippen LogP contribution is 2.36. The predicted octanol–water partition coefficient (Wildman–Crippen LogP) is 4.75. The summed E-state index contributed by atoms with van der Waals surface area (Å²) in [5, 5.41) is 2.08. The van der Waals surface area contributed by atoms with E-state index < -0.39 is 17.4 Å². The van der Waals surface area contributed by atoms with Crippen LogP contribution in [0.3, 0.4) is 0 Å². The number of rotatable bonds is 2. The number of benzene rings is 1. The number of hydrogen-bond donors (Lipinski definition) is 1. The van der Waals surface area contributed by atoms with Crippen LogP contribution in [0.25, 0.3) is 11.1 Å². The molecule has 2 aromatic rings. The van der Waals surface area contributed by atoms with Crippen molar-refractivity contribution >= 4 is 33.9 Å². The molecule has 0 spiro atoms. The summed E-state index contributed by atoms with van der Waals surface area (Å²) in [5.74, 6) is -1.07. The third-order valence-corrected chi connectivity index (χ3v) is 3.77. The molecule has 0 saturated carbocycles. The van der Waals surface area contributed by atoms with Crippen LogP contribution in [-0.2, 0) is 4.74 Å². The van der Waals surface area contributed by atoms with E-state index in [4.69, 9.17) is 22.1 Å². The quantitative estimate of drug-likeness (QED) is 0.810. The van der Waals surface area contributed by atoms with Crippen molar-refractivity contribution in [3.8, 4) is 11.1 Å². The van der Waals surface area contributed by atoms with Gasteiger partial charge in [-0.3, -0.25) is 0 Å². The average molecular weight is 328 g/mol. The van der Waals surface area contributed by atoms with Crippen molar-refractivity contribution < 1.29 is 13.9 Å². The van der Waals surface area contributed by atoms with E-state index in [1.165, 1.54) is 23.5 Å². The Morgan fingerprint density at radius 2 is 2.05 bits per heavy atom. The van der Waals surface area contributed by atoms with Crippen LogP contribution in [0.1, 0.15) is 31.1 Å². The monoisotopic (exact) mass is 327 g/mol. The number of nitrogen functional groups attached to an aromatic ring is 1. The number of ether oxygens (including phenoxy) is 1. The van der Waals surface area contributed by atoms with E-state index in [9.17, 15) is 9.18 Å². The van der Waals surface area contributed by atoms with Crippen molar-refractivity contribution in [2.24, 2.45) is 0 Å². The number of carbonyl (C=O) groups is 1. The summed E-state index contributed by atoms with van der Waals surface area (Å²) in [6.07, 6.45) is 0. The summed E-state index contributed by atoms with van der Waals surface area (Å²) in [7, 11) is 0. The lowest BCUT2D eigenvalue weighted by molar-refractivity contribution is 0.00722. The summed E-state index contributed by atoms with van der Waals surface area (Å²) < 4.78 is 18.9. The summed E-state index contributed by atoms with van der Waals surface area (Å²) in [6, 6.07) is 4.36. The Bertz CT molecular complexity index is 691. The first-order valence-electron chi connectivity index (χ1n) is 6.25. The van der Waals surface area contributed by atoms with Gasteiger partial charge in [0.05, 0.1) is 5.02 Å². The summed E-state index contributed by atoms with van der Waals surface area (Å²) >= 11 is 6.89. The molecule has 6 heteroatoms. The zero-order valence-electron chi connectivity index (χ0n) is 11.9. The number of esters is 1. The van der Waals surface area contributed by atoms with E-state index in [1.807, 2.05) is 0 Å².